The standard InChI is InChI=1S/C21H12IN3O2S/c22-15-5-7-16(8-6-15)24-11-14(10-23)20-25-18(12-28-20)17-9-13-3-1-2-4-19(13)27-21(17)26/h1-9,11-12,24H. The first kappa shape index (κ1) is 18.4. The predicted octanol–water partition coefficient (Wildman–Crippen LogP) is 5.50. The molecule has 136 valence electrons. The van der Waals surface area contributed by atoms with Crippen LogP contribution in [0.3, 0.4) is 0 Å². The Balaban J connectivity index is 1.65. The number of thiazole rings is 1. The largest absolute Gasteiger partial charge is 0.422 e. The quantitative estimate of drug-likeness (QED) is 0.229. The third kappa shape index (κ3) is 3.83. The van der Waals surface area contributed by atoms with Gasteiger partial charge in [-0.05, 0) is 59.0 Å². The Hall–Kier alpha value is -2.96. The van der Waals surface area contributed by atoms with E-state index in [1.165, 1.54) is 11.3 Å². The van der Waals surface area contributed by atoms with Crippen molar-refractivity contribution in [2.75, 3.05) is 5.32 Å². The molecule has 0 radical (unpaired) electrons. The lowest BCUT2D eigenvalue weighted by Gasteiger charge is -2.01. The van der Waals surface area contributed by atoms with E-state index < -0.39 is 5.63 Å². The zero-order valence-electron chi connectivity index (χ0n) is 14.3. The summed E-state index contributed by atoms with van der Waals surface area (Å²) in [5.74, 6) is 0. The highest BCUT2D eigenvalue weighted by Gasteiger charge is 2.13. The summed E-state index contributed by atoms with van der Waals surface area (Å²) in [7, 11) is 0. The van der Waals surface area contributed by atoms with Crippen LogP contribution < -0.4 is 10.9 Å². The van der Waals surface area contributed by atoms with Gasteiger partial charge in [0.15, 0.2) is 0 Å². The van der Waals surface area contributed by atoms with Gasteiger partial charge in [-0.25, -0.2) is 9.78 Å². The lowest BCUT2D eigenvalue weighted by Crippen LogP contribution is -2.02. The second-order valence-corrected chi connectivity index (χ2v) is 7.95. The van der Waals surface area contributed by atoms with Gasteiger partial charge in [-0.1, -0.05) is 18.2 Å². The highest BCUT2D eigenvalue weighted by Crippen LogP contribution is 2.26. The topological polar surface area (TPSA) is 78.9 Å². The maximum Gasteiger partial charge on any atom is 0.345 e. The first-order valence-corrected chi connectivity index (χ1v) is 10.2. The minimum absolute atomic E-state index is 0.379. The van der Waals surface area contributed by atoms with Crippen LogP contribution in [-0.4, -0.2) is 4.98 Å². The first-order chi connectivity index (χ1) is 13.6. The third-order valence-corrected chi connectivity index (χ3v) is 5.59. The maximum absolute atomic E-state index is 12.3. The molecule has 2 heterocycles. The minimum Gasteiger partial charge on any atom is -0.422 e. The SMILES string of the molecule is N#CC(=CNc1ccc(I)cc1)c1nc(-c2cc3ccccc3oc2=O)cs1. The van der Waals surface area contributed by atoms with Gasteiger partial charge in [0.1, 0.15) is 22.2 Å². The Morgan fingerprint density at radius 3 is 2.79 bits per heavy atom. The molecule has 0 saturated heterocycles. The Bertz CT molecular complexity index is 1280. The van der Waals surface area contributed by atoms with E-state index >= 15 is 0 Å². The molecule has 1 N–H and O–H groups in total. The zero-order valence-corrected chi connectivity index (χ0v) is 17.3. The third-order valence-electron chi connectivity index (χ3n) is 4.00. The van der Waals surface area contributed by atoms with Crippen LogP contribution in [0.15, 0.2) is 75.4 Å². The summed E-state index contributed by atoms with van der Waals surface area (Å²) >= 11 is 3.54. The number of rotatable bonds is 4. The highest BCUT2D eigenvalue weighted by atomic mass is 127. The molecular weight excluding hydrogens is 485 g/mol. The van der Waals surface area contributed by atoms with Crippen molar-refractivity contribution in [2.24, 2.45) is 0 Å². The molecule has 28 heavy (non-hydrogen) atoms. The van der Waals surface area contributed by atoms with Crippen LogP contribution in [0.4, 0.5) is 5.69 Å². The van der Waals surface area contributed by atoms with Gasteiger partial charge in [0.2, 0.25) is 0 Å². The van der Waals surface area contributed by atoms with E-state index in [1.807, 2.05) is 42.5 Å². The predicted molar refractivity (Wildman–Crippen MR) is 120 cm³/mol. The molecule has 2 aromatic carbocycles. The second kappa shape index (κ2) is 7.96. The molecule has 0 atom stereocenters. The number of fused-ring (bicyclic) bond motifs is 1. The van der Waals surface area contributed by atoms with Crippen molar-refractivity contribution >= 4 is 56.2 Å². The molecule has 4 rings (SSSR count). The highest BCUT2D eigenvalue weighted by molar-refractivity contribution is 14.1. The summed E-state index contributed by atoms with van der Waals surface area (Å²) < 4.78 is 6.51. The molecule has 4 aromatic rings. The minimum atomic E-state index is -0.449. The van der Waals surface area contributed by atoms with Crippen molar-refractivity contribution in [3.8, 4) is 17.3 Å². The van der Waals surface area contributed by atoms with Gasteiger partial charge >= 0.3 is 5.63 Å². The molecule has 0 aliphatic heterocycles. The number of allylic oxidation sites excluding steroid dienone is 1. The summed E-state index contributed by atoms with van der Waals surface area (Å²) in [4.78, 5) is 16.8. The van der Waals surface area contributed by atoms with Crippen molar-refractivity contribution in [1.29, 1.82) is 5.26 Å². The van der Waals surface area contributed by atoms with E-state index in [0.717, 1.165) is 14.6 Å². The van der Waals surface area contributed by atoms with Gasteiger partial charge in [0.05, 0.1) is 11.3 Å². The number of hydrogen-bond acceptors (Lipinski definition) is 6. The molecule has 0 spiro atoms. The van der Waals surface area contributed by atoms with Gasteiger partial charge < -0.3 is 9.73 Å². The smallest absolute Gasteiger partial charge is 0.345 e. The fourth-order valence-electron chi connectivity index (χ4n) is 2.61. The Morgan fingerprint density at radius 1 is 1.21 bits per heavy atom. The van der Waals surface area contributed by atoms with Crippen molar-refractivity contribution < 1.29 is 4.42 Å². The van der Waals surface area contributed by atoms with Crippen LogP contribution in [0.5, 0.6) is 0 Å². The molecule has 0 saturated carbocycles. The number of nitrogens with zero attached hydrogens (tertiary/aromatic N) is 2. The molecular formula is C21H12IN3O2S. The van der Waals surface area contributed by atoms with Crippen molar-refractivity contribution in [3.05, 3.63) is 85.2 Å². The average molecular weight is 497 g/mol. The lowest BCUT2D eigenvalue weighted by molar-refractivity contribution is 0.563. The first-order valence-electron chi connectivity index (χ1n) is 8.25. The molecule has 7 heteroatoms. The monoisotopic (exact) mass is 497 g/mol. The van der Waals surface area contributed by atoms with Gasteiger partial charge in [-0.2, -0.15) is 5.26 Å². The number of halogens is 1. The molecule has 0 amide bonds. The normalized spacial score (nSPS) is 11.4. The van der Waals surface area contributed by atoms with Crippen LogP contribution in [-0.2, 0) is 0 Å². The fraction of sp³-hybridized carbons (Fsp3) is 0. The van der Waals surface area contributed by atoms with Gasteiger partial charge in [0, 0.05) is 26.2 Å². The zero-order chi connectivity index (χ0) is 19.5. The van der Waals surface area contributed by atoms with Crippen LogP contribution >= 0.6 is 33.9 Å². The van der Waals surface area contributed by atoms with Crippen molar-refractivity contribution in [3.63, 3.8) is 0 Å². The summed E-state index contributed by atoms with van der Waals surface area (Å²) in [5.41, 5.74) is 2.22. The van der Waals surface area contributed by atoms with Crippen molar-refractivity contribution in [2.45, 2.75) is 0 Å². The number of hydrogen-bond donors (Lipinski definition) is 1. The van der Waals surface area contributed by atoms with E-state index in [2.05, 4.69) is 39.0 Å². The number of anilines is 1. The molecule has 0 fully saturated rings. The van der Waals surface area contributed by atoms with E-state index in [4.69, 9.17) is 4.42 Å². The number of nitrogens with one attached hydrogen (secondary N) is 1. The molecule has 2 aromatic heterocycles. The number of benzene rings is 2. The summed E-state index contributed by atoms with van der Waals surface area (Å²) in [5, 5.41) is 15.7. The van der Waals surface area contributed by atoms with Gasteiger partial charge in [-0.3, -0.25) is 0 Å². The maximum atomic E-state index is 12.3. The van der Waals surface area contributed by atoms with E-state index in [1.54, 1.807) is 23.7 Å². The fourth-order valence-corrected chi connectivity index (χ4v) is 3.75. The summed E-state index contributed by atoms with van der Waals surface area (Å²) in [6, 6.07) is 19.1. The number of para-hydroxylation sites is 1. The number of aromatic nitrogens is 1. The summed E-state index contributed by atoms with van der Waals surface area (Å²) in [6.07, 6.45) is 1.62. The van der Waals surface area contributed by atoms with Crippen LogP contribution in [0.1, 0.15) is 5.01 Å². The lowest BCUT2D eigenvalue weighted by atomic mass is 10.1. The van der Waals surface area contributed by atoms with Crippen LogP contribution in [0.25, 0.3) is 27.8 Å². The Morgan fingerprint density at radius 2 is 2.00 bits per heavy atom. The molecule has 0 unspecified atom stereocenters. The van der Waals surface area contributed by atoms with E-state index in [0.29, 0.717) is 27.4 Å². The second-order valence-electron chi connectivity index (χ2n) is 5.84. The number of nitriles is 1. The van der Waals surface area contributed by atoms with E-state index in [9.17, 15) is 10.1 Å². The van der Waals surface area contributed by atoms with Gasteiger partial charge in [0.25, 0.3) is 0 Å². The Kier molecular flexibility index (Phi) is 5.23. The van der Waals surface area contributed by atoms with Crippen LogP contribution in [0, 0.1) is 14.9 Å². The summed E-state index contributed by atoms with van der Waals surface area (Å²) in [6.45, 7) is 0. The van der Waals surface area contributed by atoms with Crippen molar-refractivity contribution in [1.82, 2.24) is 4.98 Å². The van der Waals surface area contributed by atoms with Gasteiger partial charge in [-0.15, -0.1) is 11.3 Å². The van der Waals surface area contributed by atoms with E-state index in [-0.39, 0.29) is 0 Å². The van der Waals surface area contributed by atoms with Crippen LogP contribution in [0.2, 0.25) is 0 Å². The molecule has 0 aliphatic rings. The molecule has 0 aliphatic carbocycles. The Labute approximate surface area is 178 Å². The average Bonchev–Trinajstić information content (AvgIpc) is 3.19. The molecule has 5 nitrogen and oxygen atoms in total. The molecule has 0 bridgehead atoms.